The minimum absolute atomic E-state index is 0.0162. The van der Waals surface area contributed by atoms with E-state index in [1.807, 2.05) is 0 Å². The lowest BCUT2D eigenvalue weighted by atomic mass is 9.93. The third-order valence-corrected chi connectivity index (χ3v) is 9.06. The number of nitrogens with one attached hydrogen (secondary N) is 3. The Balaban J connectivity index is 2.37. The van der Waals surface area contributed by atoms with E-state index in [1.54, 1.807) is 13.8 Å². The number of methoxy groups -OCH3 is 6. The molecule has 3 heterocycles. The largest absolute Gasteiger partial charge is 0.469 e. The Hall–Kier alpha value is -6.00. The van der Waals surface area contributed by atoms with E-state index in [2.05, 4.69) is 15.0 Å². The molecule has 0 aromatic carbocycles. The van der Waals surface area contributed by atoms with Crippen LogP contribution in [0.15, 0.2) is 0 Å². The third-order valence-electron chi connectivity index (χ3n) is 9.06. The summed E-state index contributed by atoms with van der Waals surface area (Å²) in [6.45, 7) is 3.27. The monoisotopic (exact) mass is 755 g/mol. The van der Waals surface area contributed by atoms with Gasteiger partial charge in [-0.1, -0.05) is 0 Å². The zero-order valence-electron chi connectivity index (χ0n) is 31.6. The lowest BCUT2D eigenvalue weighted by Gasteiger charge is -2.09. The van der Waals surface area contributed by atoms with Crippen molar-refractivity contribution in [3.63, 3.8) is 0 Å². The van der Waals surface area contributed by atoms with Gasteiger partial charge in [-0.25, -0.2) is 0 Å². The van der Waals surface area contributed by atoms with Gasteiger partial charge in [0.2, 0.25) is 11.6 Å². The zero-order chi connectivity index (χ0) is 40.3. The molecule has 0 unspecified atom stereocenters. The fourth-order valence-electron chi connectivity index (χ4n) is 6.17. The Labute approximate surface area is 310 Å². The van der Waals surface area contributed by atoms with Crippen LogP contribution in [0.25, 0.3) is 0 Å². The molecule has 0 aliphatic carbocycles. The number of hydrogen-bond donors (Lipinski definition) is 3. The molecule has 3 rings (SSSR count). The van der Waals surface area contributed by atoms with E-state index in [1.165, 1.54) is 35.5 Å². The van der Waals surface area contributed by atoms with E-state index in [-0.39, 0.29) is 85.3 Å². The second kappa shape index (κ2) is 19.2. The SMILES string of the molecule is COC(=O)CCc1c(C(=O)c2[nH]c(C(=O)c3[nH]c(C)c(CC(=O)OC)c3CCC(=O)OC)c(CC(=O)OC)c2CCC(=O)OC)[nH]c(C)c1CC(=O)OC. The number of rotatable bonds is 19. The first-order chi connectivity index (χ1) is 25.6. The minimum atomic E-state index is -0.767. The highest BCUT2D eigenvalue weighted by molar-refractivity contribution is 6.14. The summed E-state index contributed by atoms with van der Waals surface area (Å²) in [7, 11) is 7.18. The molecule has 0 bridgehead atoms. The van der Waals surface area contributed by atoms with Crippen LogP contribution >= 0.6 is 0 Å². The van der Waals surface area contributed by atoms with Gasteiger partial charge >= 0.3 is 35.8 Å². The van der Waals surface area contributed by atoms with Crippen molar-refractivity contribution in [3.05, 3.63) is 67.5 Å². The summed E-state index contributed by atoms with van der Waals surface area (Å²) in [5.41, 5.74) is 2.09. The Morgan fingerprint density at radius 2 is 0.630 bits per heavy atom. The number of aryl methyl sites for hydroxylation is 2. The number of hydrogen-bond acceptors (Lipinski definition) is 14. The van der Waals surface area contributed by atoms with Gasteiger partial charge < -0.3 is 43.4 Å². The van der Waals surface area contributed by atoms with Gasteiger partial charge in [0.1, 0.15) is 0 Å². The van der Waals surface area contributed by atoms with Gasteiger partial charge in [-0.05, 0) is 66.5 Å². The van der Waals surface area contributed by atoms with Crippen LogP contribution in [0, 0.1) is 13.8 Å². The predicted octanol–water partition coefficient (Wildman–Crippen LogP) is 2.21. The molecule has 0 atom stereocenters. The van der Waals surface area contributed by atoms with E-state index in [0.29, 0.717) is 33.6 Å². The van der Waals surface area contributed by atoms with Crippen LogP contribution in [0.1, 0.15) is 96.4 Å². The van der Waals surface area contributed by atoms with Crippen LogP contribution in [0.4, 0.5) is 0 Å². The molecule has 54 heavy (non-hydrogen) atoms. The zero-order valence-corrected chi connectivity index (χ0v) is 31.6. The van der Waals surface area contributed by atoms with Crippen molar-refractivity contribution in [1.82, 2.24) is 15.0 Å². The maximum atomic E-state index is 14.7. The summed E-state index contributed by atoms with van der Waals surface area (Å²) < 4.78 is 29.1. The number of ketones is 2. The molecule has 3 N–H and O–H groups in total. The Bertz CT molecular complexity index is 1940. The third kappa shape index (κ3) is 9.90. The van der Waals surface area contributed by atoms with Gasteiger partial charge in [0.15, 0.2) is 0 Å². The summed E-state index contributed by atoms with van der Waals surface area (Å²) in [5.74, 6) is -5.19. The Morgan fingerprint density at radius 1 is 0.370 bits per heavy atom. The second-order valence-electron chi connectivity index (χ2n) is 12.1. The fraction of sp³-hybridized carbons (Fsp3) is 0.459. The average molecular weight is 756 g/mol. The molecule has 0 aliphatic heterocycles. The molecular weight excluding hydrogens is 710 g/mol. The van der Waals surface area contributed by atoms with Gasteiger partial charge in [0, 0.05) is 30.7 Å². The molecule has 0 amide bonds. The second-order valence-corrected chi connectivity index (χ2v) is 12.1. The van der Waals surface area contributed by atoms with Crippen molar-refractivity contribution in [2.24, 2.45) is 0 Å². The first kappa shape index (κ1) is 42.4. The summed E-state index contributed by atoms with van der Waals surface area (Å²) in [5, 5.41) is 0. The average Bonchev–Trinajstić information content (AvgIpc) is 3.80. The van der Waals surface area contributed by atoms with Crippen LogP contribution in [0.2, 0.25) is 0 Å². The van der Waals surface area contributed by atoms with Crippen molar-refractivity contribution in [1.29, 1.82) is 0 Å². The summed E-state index contributed by atoms with van der Waals surface area (Å²) in [6, 6.07) is 0. The van der Waals surface area contributed by atoms with Crippen LogP contribution in [-0.2, 0) is 95.7 Å². The van der Waals surface area contributed by atoms with E-state index in [4.69, 9.17) is 28.4 Å². The van der Waals surface area contributed by atoms with Crippen molar-refractivity contribution in [2.45, 2.75) is 71.6 Å². The molecule has 0 spiro atoms. The molecule has 292 valence electrons. The topological polar surface area (TPSA) is 239 Å². The van der Waals surface area contributed by atoms with Gasteiger partial charge in [-0.2, -0.15) is 0 Å². The van der Waals surface area contributed by atoms with Crippen molar-refractivity contribution in [3.8, 4) is 0 Å². The molecule has 3 aromatic rings. The lowest BCUT2D eigenvalue weighted by molar-refractivity contribution is -0.141. The van der Waals surface area contributed by atoms with Crippen LogP contribution in [0.3, 0.4) is 0 Å². The molecular formula is C37H45N3O14. The summed E-state index contributed by atoms with van der Waals surface area (Å²) in [4.78, 5) is 113. The van der Waals surface area contributed by atoms with Gasteiger partial charge in [0.25, 0.3) is 0 Å². The normalized spacial score (nSPS) is 10.7. The number of aromatic amines is 3. The van der Waals surface area contributed by atoms with E-state index in [9.17, 15) is 38.4 Å². The Morgan fingerprint density at radius 3 is 0.944 bits per heavy atom. The molecule has 0 aliphatic rings. The molecule has 17 nitrogen and oxygen atoms in total. The smallest absolute Gasteiger partial charge is 0.310 e. The van der Waals surface area contributed by atoms with Crippen molar-refractivity contribution in [2.75, 3.05) is 42.7 Å². The van der Waals surface area contributed by atoms with E-state index < -0.39 is 53.8 Å². The molecule has 0 saturated heterocycles. The first-order valence-corrected chi connectivity index (χ1v) is 16.8. The van der Waals surface area contributed by atoms with Gasteiger partial charge in [0.05, 0.1) is 84.7 Å². The van der Waals surface area contributed by atoms with E-state index >= 15 is 0 Å². The lowest BCUT2D eigenvalue weighted by Crippen LogP contribution is -2.14. The number of carbonyl (C=O) groups excluding carboxylic acids is 8. The van der Waals surface area contributed by atoms with Crippen LogP contribution in [0.5, 0.6) is 0 Å². The van der Waals surface area contributed by atoms with E-state index in [0.717, 1.165) is 7.11 Å². The molecule has 0 saturated carbocycles. The van der Waals surface area contributed by atoms with Crippen LogP contribution in [-0.4, -0.2) is 105 Å². The number of ether oxygens (including phenoxy) is 6. The number of esters is 6. The number of H-pyrrole nitrogens is 3. The molecule has 0 radical (unpaired) electrons. The van der Waals surface area contributed by atoms with Crippen molar-refractivity contribution >= 4 is 47.4 Å². The first-order valence-electron chi connectivity index (χ1n) is 16.8. The highest BCUT2D eigenvalue weighted by Crippen LogP contribution is 2.32. The standard InChI is InChI=1S/C37H45N3O14/c1-18-23(15-29(44)52-6)20(9-12-26(41)49-3)32(38-18)36(47)34-22(11-14-28(43)51-5)25(17-31(46)54-8)35(40-34)37(48)33-21(10-13-27(42)50-4)24(19(2)39-33)16-30(45)53-7/h38-40H,9-17H2,1-8H3. The van der Waals surface area contributed by atoms with Crippen LogP contribution < -0.4 is 0 Å². The summed E-state index contributed by atoms with van der Waals surface area (Å²) >= 11 is 0. The maximum Gasteiger partial charge on any atom is 0.310 e. The quantitative estimate of drug-likeness (QED) is 0.0904. The molecule has 3 aromatic heterocycles. The number of carbonyl (C=O) groups is 8. The Kier molecular flexibility index (Phi) is 15.1. The summed E-state index contributed by atoms with van der Waals surface area (Å²) in [6.07, 6.45) is -1.71. The van der Waals surface area contributed by atoms with Gasteiger partial charge in [-0.15, -0.1) is 0 Å². The highest BCUT2D eigenvalue weighted by Gasteiger charge is 2.33. The number of aromatic nitrogens is 3. The predicted molar refractivity (Wildman–Crippen MR) is 187 cm³/mol. The molecule has 0 fully saturated rings. The minimum Gasteiger partial charge on any atom is -0.469 e. The molecule has 17 heteroatoms. The van der Waals surface area contributed by atoms with Crippen molar-refractivity contribution < 1.29 is 66.8 Å². The fourth-order valence-corrected chi connectivity index (χ4v) is 6.17. The highest BCUT2D eigenvalue weighted by atomic mass is 16.5. The van der Waals surface area contributed by atoms with Gasteiger partial charge in [-0.3, -0.25) is 38.4 Å². The maximum absolute atomic E-state index is 14.7.